The fourth-order valence-corrected chi connectivity index (χ4v) is 3.59. The molecule has 0 fully saturated rings. The number of pyridine rings is 1. The first-order valence-electron chi connectivity index (χ1n) is 8.62. The van der Waals surface area contributed by atoms with E-state index in [-0.39, 0.29) is 34.5 Å². The lowest BCUT2D eigenvalue weighted by molar-refractivity contribution is -0.137. The molecule has 0 bridgehead atoms. The number of hydrogen-bond acceptors (Lipinski definition) is 7. The Morgan fingerprint density at radius 3 is 2.65 bits per heavy atom. The number of Topliss-reactive ketones (excluding diaryl/α,β-unsaturated/α-hetero) is 1. The second-order valence-electron chi connectivity index (χ2n) is 6.39. The maximum absolute atomic E-state index is 12.9. The number of carbonyl (C=O) groups excluding carboxylic acids is 2. The number of hydrogen-bond donors (Lipinski definition) is 2. The second-order valence-corrected chi connectivity index (χ2v) is 7.86. The zero-order valence-electron chi connectivity index (χ0n) is 15.7. The van der Waals surface area contributed by atoms with Gasteiger partial charge in [-0.3, -0.25) is 14.4 Å². The molecule has 1 amide bonds. The molecule has 0 aromatic carbocycles. The number of nitrogens with one attached hydrogen (secondary N) is 2. The molecule has 0 saturated heterocycles. The third-order valence-corrected chi connectivity index (χ3v) is 5.56. The number of nitrogens with zero attached hydrogens (tertiary/aromatic N) is 3. The molecule has 0 spiro atoms. The predicted octanol–water partition coefficient (Wildman–Crippen LogP) is 3.92. The molecule has 1 unspecified atom stereocenters. The minimum atomic E-state index is -4.70. The molecule has 162 valence electrons. The van der Waals surface area contributed by atoms with E-state index in [4.69, 9.17) is 11.6 Å². The Balaban J connectivity index is 1.69. The van der Waals surface area contributed by atoms with Crippen molar-refractivity contribution >= 4 is 40.4 Å². The van der Waals surface area contributed by atoms with Crippen molar-refractivity contribution in [1.82, 2.24) is 19.9 Å². The van der Waals surface area contributed by atoms with E-state index >= 15 is 0 Å². The van der Waals surface area contributed by atoms with Crippen LogP contribution in [0.15, 0.2) is 35.6 Å². The lowest BCUT2D eigenvalue weighted by Gasteiger charge is -2.10. The molecule has 0 aliphatic rings. The number of anilines is 1. The molecule has 3 aromatic rings. The van der Waals surface area contributed by atoms with E-state index < -0.39 is 28.2 Å². The predicted molar refractivity (Wildman–Crippen MR) is 107 cm³/mol. The van der Waals surface area contributed by atoms with E-state index in [0.29, 0.717) is 11.1 Å². The number of alkyl halides is 3. The van der Waals surface area contributed by atoms with Crippen LogP contribution in [0.1, 0.15) is 50.0 Å². The molecular formula is C18H13ClF3N5O3S. The van der Waals surface area contributed by atoms with Crippen molar-refractivity contribution in [1.29, 1.82) is 0 Å². The van der Waals surface area contributed by atoms with Crippen molar-refractivity contribution < 1.29 is 22.8 Å². The summed E-state index contributed by atoms with van der Waals surface area (Å²) in [7, 11) is 0. The van der Waals surface area contributed by atoms with Gasteiger partial charge in [-0.15, -0.1) is 11.3 Å². The highest BCUT2D eigenvalue weighted by molar-refractivity contribution is 7.13. The van der Waals surface area contributed by atoms with Crippen molar-refractivity contribution in [3.8, 4) is 0 Å². The molecular weight excluding hydrogens is 459 g/mol. The van der Waals surface area contributed by atoms with Gasteiger partial charge in [0.25, 0.3) is 11.5 Å². The molecule has 3 aromatic heterocycles. The number of aromatic nitrogens is 4. The number of amides is 1. The highest BCUT2D eigenvalue weighted by Gasteiger charge is 2.34. The van der Waals surface area contributed by atoms with Crippen LogP contribution in [0, 0.1) is 0 Å². The minimum Gasteiger partial charge on any atom is -0.313 e. The third-order valence-electron chi connectivity index (χ3n) is 4.03. The smallest absolute Gasteiger partial charge is 0.313 e. The second kappa shape index (κ2) is 8.94. The summed E-state index contributed by atoms with van der Waals surface area (Å²) >= 11 is 6.49. The van der Waals surface area contributed by atoms with E-state index in [9.17, 15) is 27.6 Å². The number of H-pyrrole nitrogens is 1. The first kappa shape index (κ1) is 22.6. The molecule has 0 aliphatic heterocycles. The quantitative estimate of drug-likeness (QED) is 0.526. The SMILES string of the molecule is CC(CC(=O)c1cc(=O)[nH]cn1)c1ncc(C(=O)Nc2cc(C(F)(F)F)c(Cl)cn2)s1. The fourth-order valence-electron chi connectivity index (χ4n) is 2.51. The maximum Gasteiger partial charge on any atom is 0.418 e. The van der Waals surface area contributed by atoms with Crippen LogP contribution in [0.25, 0.3) is 0 Å². The highest BCUT2D eigenvalue weighted by atomic mass is 35.5. The average molecular weight is 472 g/mol. The van der Waals surface area contributed by atoms with Crippen LogP contribution in [0.4, 0.5) is 19.0 Å². The van der Waals surface area contributed by atoms with Crippen LogP contribution in [0.3, 0.4) is 0 Å². The van der Waals surface area contributed by atoms with Crippen molar-refractivity contribution in [2.24, 2.45) is 0 Å². The minimum absolute atomic E-state index is 0.00128. The van der Waals surface area contributed by atoms with Crippen molar-refractivity contribution in [2.45, 2.75) is 25.4 Å². The summed E-state index contributed by atoms with van der Waals surface area (Å²) in [6, 6.07) is 1.72. The van der Waals surface area contributed by atoms with Crippen LogP contribution in [0.5, 0.6) is 0 Å². The molecule has 1 atom stereocenters. The van der Waals surface area contributed by atoms with Crippen molar-refractivity contribution in [3.63, 3.8) is 0 Å². The maximum atomic E-state index is 12.9. The van der Waals surface area contributed by atoms with E-state index in [2.05, 4.69) is 25.3 Å². The molecule has 13 heteroatoms. The van der Waals surface area contributed by atoms with Gasteiger partial charge < -0.3 is 10.3 Å². The normalized spacial score (nSPS) is 12.4. The van der Waals surface area contributed by atoms with Crippen LogP contribution >= 0.6 is 22.9 Å². The van der Waals surface area contributed by atoms with Crippen LogP contribution in [-0.2, 0) is 6.18 Å². The number of rotatable bonds is 6. The van der Waals surface area contributed by atoms with Crippen LogP contribution < -0.4 is 10.9 Å². The highest BCUT2D eigenvalue weighted by Crippen LogP contribution is 2.35. The van der Waals surface area contributed by atoms with Gasteiger partial charge in [-0.1, -0.05) is 18.5 Å². The number of thiazole rings is 1. The summed E-state index contributed by atoms with van der Waals surface area (Å²) in [5.74, 6) is -1.78. The number of halogens is 4. The molecule has 0 saturated carbocycles. The fraction of sp³-hybridized carbons (Fsp3) is 0.222. The Bertz CT molecular complexity index is 1190. The summed E-state index contributed by atoms with van der Waals surface area (Å²) in [6.45, 7) is 1.71. The van der Waals surface area contributed by atoms with Gasteiger partial charge in [0.05, 0.1) is 28.1 Å². The first-order valence-corrected chi connectivity index (χ1v) is 9.81. The lowest BCUT2D eigenvalue weighted by atomic mass is 10.0. The lowest BCUT2D eigenvalue weighted by Crippen LogP contribution is -2.13. The zero-order valence-corrected chi connectivity index (χ0v) is 17.2. The summed E-state index contributed by atoms with van der Waals surface area (Å²) in [5.41, 5.74) is -1.56. The van der Waals surface area contributed by atoms with Gasteiger partial charge in [0.1, 0.15) is 16.4 Å². The van der Waals surface area contributed by atoms with Gasteiger partial charge in [0, 0.05) is 24.6 Å². The monoisotopic (exact) mass is 471 g/mol. The van der Waals surface area contributed by atoms with Gasteiger partial charge in [0.2, 0.25) is 0 Å². The van der Waals surface area contributed by atoms with Gasteiger partial charge >= 0.3 is 6.18 Å². The summed E-state index contributed by atoms with van der Waals surface area (Å²) in [6.07, 6.45) is -1.52. The van der Waals surface area contributed by atoms with E-state index in [1.165, 1.54) is 6.20 Å². The van der Waals surface area contributed by atoms with E-state index in [0.717, 1.165) is 29.9 Å². The summed E-state index contributed by atoms with van der Waals surface area (Å²) in [4.78, 5) is 50.0. The molecule has 31 heavy (non-hydrogen) atoms. The Labute approximate surface area is 181 Å². The molecule has 0 aliphatic carbocycles. The van der Waals surface area contributed by atoms with Gasteiger partial charge in [-0.25, -0.2) is 15.0 Å². The molecule has 2 N–H and O–H groups in total. The van der Waals surface area contributed by atoms with E-state index in [1.54, 1.807) is 6.92 Å². The van der Waals surface area contributed by atoms with Gasteiger partial charge in [0.15, 0.2) is 5.78 Å². The Morgan fingerprint density at radius 2 is 1.97 bits per heavy atom. The van der Waals surface area contributed by atoms with Gasteiger partial charge in [-0.05, 0) is 6.07 Å². The Kier molecular flexibility index (Phi) is 6.51. The number of carbonyl (C=O) groups is 2. The summed E-state index contributed by atoms with van der Waals surface area (Å²) < 4.78 is 38.8. The van der Waals surface area contributed by atoms with Crippen LogP contribution in [-0.4, -0.2) is 31.6 Å². The molecule has 3 heterocycles. The Hall–Kier alpha value is -3.12. The average Bonchev–Trinajstić information content (AvgIpc) is 3.19. The van der Waals surface area contributed by atoms with Gasteiger partial charge in [-0.2, -0.15) is 13.2 Å². The number of ketones is 1. The summed E-state index contributed by atoms with van der Waals surface area (Å²) in [5, 5.41) is 2.15. The molecule has 8 nitrogen and oxygen atoms in total. The topological polar surface area (TPSA) is 118 Å². The van der Waals surface area contributed by atoms with Crippen LogP contribution in [0.2, 0.25) is 5.02 Å². The van der Waals surface area contributed by atoms with Crippen molar-refractivity contribution in [2.75, 3.05) is 5.32 Å². The molecule has 3 rings (SSSR count). The zero-order chi connectivity index (χ0) is 22.8. The molecule has 0 radical (unpaired) electrons. The van der Waals surface area contributed by atoms with E-state index in [1.807, 2.05) is 0 Å². The third kappa shape index (κ3) is 5.52. The first-order chi connectivity index (χ1) is 14.5. The van der Waals surface area contributed by atoms with Crippen molar-refractivity contribution in [3.05, 3.63) is 67.4 Å². The standard InChI is InChI=1S/C18H13ClF3N5O3S/c1-8(2-12(28)11-4-15(29)26-7-25-11)17-24-6-13(31-17)16(30)27-14-3-9(18(20,21)22)10(19)5-23-14/h3-8H,2H2,1H3,(H,23,27,30)(H,25,26,29). The number of aromatic amines is 1. The Morgan fingerprint density at radius 1 is 1.23 bits per heavy atom. The largest absolute Gasteiger partial charge is 0.418 e.